The van der Waals surface area contributed by atoms with Crippen molar-refractivity contribution in [1.82, 2.24) is 4.98 Å². The van der Waals surface area contributed by atoms with E-state index in [1.54, 1.807) is 11.3 Å². The summed E-state index contributed by atoms with van der Waals surface area (Å²) in [5.41, 5.74) is 3.46. The van der Waals surface area contributed by atoms with Crippen LogP contribution in [0.3, 0.4) is 0 Å². The second-order valence-electron chi connectivity index (χ2n) is 5.21. The van der Waals surface area contributed by atoms with Crippen molar-refractivity contribution in [2.45, 2.75) is 19.8 Å². The molecule has 3 rings (SSSR count). The number of rotatable bonds is 6. The van der Waals surface area contributed by atoms with Crippen molar-refractivity contribution in [1.29, 1.82) is 0 Å². The van der Waals surface area contributed by atoms with Crippen molar-refractivity contribution in [3.63, 3.8) is 0 Å². The van der Waals surface area contributed by atoms with Gasteiger partial charge in [-0.3, -0.25) is 0 Å². The summed E-state index contributed by atoms with van der Waals surface area (Å²) in [4.78, 5) is 6.06. The highest BCUT2D eigenvalue weighted by Crippen LogP contribution is 2.38. The summed E-state index contributed by atoms with van der Waals surface area (Å²) in [5.74, 6) is 0. The number of benzene rings is 2. The Hall–Kier alpha value is -2.13. The molecular formula is C19H20N2S. The zero-order valence-corrected chi connectivity index (χ0v) is 13.6. The Balaban J connectivity index is 1.99. The van der Waals surface area contributed by atoms with Crippen LogP contribution in [0.2, 0.25) is 0 Å². The Labute approximate surface area is 135 Å². The Kier molecular flexibility index (Phi) is 4.86. The van der Waals surface area contributed by atoms with Crippen LogP contribution in [0.25, 0.3) is 21.7 Å². The predicted octanol–water partition coefficient (Wildman–Crippen LogP) is 5.69. The fourth-order valence-corrected chi connectivity index (χ4v) is 3.36. The predicted molar refractivity (Wildman–Crippen MR) is 96.4 cm³/mol. The van der Waals surface area contributed by atoms with Gasteiger partial charge in [0.15, 0.2) is 5.13 Å². The van der Waals surface area contributed by atoms with Crippen LogP contribution in [0.4, 0.5) is 5.13 Å². The van der Waals surface area contributed by atoms with E-state index in [0.29, 0.717) is 0 Å². The summed E-state index contributed by atoms with van der Waals surface area (Å²) in [7, 11) is 0. The normalized spacial score (nSPS) is 10.6. The average Bonchev–Trinajstić information content (AvgIpc) is 3.01. The van der Waals surface area contributed by atoms with Gasteiger partial charge in [-0.15, -0.1) is 0 Å². The Morgan fingerprint density at radius 1 is 0.909 bits per heavy atom. The van der Waals surface area contributed by atoms with Crippen molar-refractivity contribution >= 4 is 16.5 Å². The molecule has 0 amide bonds. The molecule has 2 aromatic carbocycles. The molecule has 1 aromatic heterocycles. The van der Waals surface area contributed by atoms with E-state index in [4.69, 9.17) is 4.98 Å². The van der Waals surface area contributed by atoms with E-state index in [9.17, 15) is 0 Å². The van der Waals surface area contributed by atoms with Crippen molar-refractivity contribution < 1.29 is 0 Å². The fourth-order valence-electron chi connectivity index (χ4n) is 2.34. The van der Waals surface area contributed by atoms with Gasteiger partial charge in [0.25, 0.3) is 0 Å². The number of aromatic nitrogens is 1. The molecule has 0 aliphatic heterocycles. The van der Waals surface area contributed by atoms with E-state index < -0.39 is 0 Å². The monoisotopic (exact) mass is 308 g/mol. The minimum atomic E-state index is 0.979. The van der Waals surface area contributed by atoms with E-state index >= 15 is 0 Å². The maximum absolute atomic E-state index is 4.84. The maximum atomic E-state index is 4.84. The van der Waals surface area contributed by atoms with Crippen LogP contribution in [0.5, 0.6) is 0 Å². The molecule has 2 nitrogen and oxygen atoms in total. The lowest BCUT2D eigenvalue weighted by Crippen LogP contribution is -1.99. The van der Waals surface area contributed by atoms with Crippen molar-refractivity contribution in [3.05, 3.63) is 60.7 Å². The van der Waals surface area contributed by atoms with Gasteiger partial charge >= 0.3 is 0 Å². The van der Waals surface area contributed by atoms with E-state index in [2.05, 4.69) is 60.8 Å². The first-order valence-electron chi connectivity index (χ1n) is 7.74. The van der Waals surface area contributed by atoms with Gasteiger partial charge in [0.05, 0.1) is 10.6 Å². The van der Waals surface area contributed by atoms with Crippen molar-refractivity contribution in [3.8, 4) is 21.7 Å². The van der Waals surface area contributed by atoms with E-state index in [0.717, 1.165) is 17.4 Å². The third-order valence-corrected chi connectivity index (χ3v) is 4.58. The van der Waals surface area contributed by atoms with Gasteiger partial charge in [0, 0.05) is 12.1 Å². The minimum Gasteiger partial charge on any atom is -0.361 e. The topological polar surface area (TPSA) is 24.9 Å². The molecule has 3 heteroatoms. The molecule has 22 heavy (non-hydrogen) atoms. The number of nitrogens with one attached hydrogen (secondary N) is 1. The van der Waals surface area contributed by atoms with Crippen LogP contribution in [0.15, 0.2) is 60.7 Å². The van der Waals surface area contributed by atoms with Crippen LogP contribution in [0.1, 0.15) is 19.8 Å². The van der Waals surface area contributed by atoms with Gasteiger partial charge in [-0.05, 0) is 12.0 Å². The van der Waals surface area contributed by atoms with E-state index in [1.165, 1.54) is 28.8 Å². The Morgan fingerprint density at radius 2 is 1.55 bits per heavy atom. The van der Waals surface area contributed by atoms with E-state index in [1.807, 2.05) is 12.1 Å². The number of nitrogens with zero attached hydrogens (tertiary/aromatic N) is 1. The maximum Gasteiger partial charge on any atom is 0.183 e. The molecule has 3 aromatic rings. The van der Waals surface area contributed by atoms with Gasteiger partial charge in [-0.2, -0.15) is 0 Å². The molecule has 0 fully saturated rings. The Bertz CT molecular complexity index is 648. The molecule has 0 unspecified atom stereocenters. The van der Waals surface area contributed by atoms with Gasteiger partial charge in [-0.1, -0.05) is 85.3 Å². The molecular weight excluding hydrogens is 288 g/mol. The molecule has 0 bridgehead atoms. The summed E-state index contributed by atoms with van der Waals surface area (Å²) in [6, 6.07) is 20.9. The summed E-state index contributed by atoms with van der Waals surface area (Å²) in [6.45, 7) is 3.18. The molecule has 1 N–H and O–H groups in total. The van der Waals surface area contributed by atoms with Crippen LogP contribution < -0.4 is 5.32 Å². The van der Waals surface area contributed by atoms with Gasteiger partial charge in [0.1, 0.15) is 0 Å². The lowest BCUT2D eigenvalue weighted by Gasteiger charge is -2.02. The molecule has 0 saturated heterocycles. The molecule has 112 valence electrons. The SMILES string of the molecule is CCCCNc1nc(-c2ccccc2)c(-c2ccccc2)s1. The molecule has 0 atom stereocenters. The minimum absolute atomic E-state index is 0.979. The molecule has 0 aliphatic carbocycles. The standard InChI is InChI=1S/C19H20N2S/c1-2-3-14-20-19-21-17(15-10-6-4-7-11-15)18(22-19)16-12-8-5-9-13-16/h4-13H,2-3,14H2,1H3,(H,20,21). The second-order valence-corrected chi connectivity index (χ2v) is 6.21. The number of hydrogen-bond acceptors (Lipinski definition) is 3. The number of thiazole rings is 1. The first kappa shape index (κ1) is 14.8. The number of hydrogen-bond donors (Lipinski definition) is 1. The molecule has 0 aliphatic rings. The zero-order valence-electron chi connectivity index (χ0n) is 12.8. The van der Waals surface area contributed by atoms with Crippen molar-refractivity contribution in [2.75, 3.05) is 11.9 Å². The van der Waals surface area contributed by atoms with Gasteiger partial charge < -0.3 is 5.32 Å². The van der Waals surface area contributed by atoms with Crippen LogP contribution >= 0.6 is 11.3 Å². The summed E-state index contributed by atoms with van der Waals surface area (Å²) in [5, 5.41) is 4.46. The fraction of sp³-hybridized carbons (Fsp3) is 0.211. The largest absolute Gasteiger partial charge is 0.361 e. The smallest absolute Gasteiger partial charge is 0.183 e. The molecule has 0 radical (unpaired) electrons. The lowest BCUT2D eigenvalue weighted by atomic mass is 10.1. The highest BCUT2D eigenvalue weighted by Gasteiger charge is 2.14. The van der Waals surface area contributed by atoms with Crippen LogP contribution in [-0.2, 0) is 0 Å². The zero-order chi connectivity index (χ0) is 15.2. The second kappa shape index (κ2) is 7.23. The third-order valence-electron chi connectivity index (χ3n) is 3.52. The van der Waals surface area contributed by atoms with E-state index in [-0.39, 0.29) is 0 Å². The van der Waals surface area contributed by atoms with Crippen LogP contribution in [0, 0.1) is 0 Å². The number of unbranched alkanes of at least 4 members (excludes halogenated alkanes) is 1. The highest BCUT2D eigenvalue weighted by atomic mass is 32.1. The highest BCUT2D eigenvalue weighted by molar-refractivity contribution is 7.19. The quantitative estimate of drug-likeness (QED) is 0.592. The van der Waals surface area contributed by atoms with Gasteiger partial charge in [0.2, 0.25) is 0 Å². The number of anilines is 1. The molecule has 1 heterocycles. The summed E-state index contributed by atoms with van der Waals surface area (Å²) >= 11 is 1.74. The third kappa shape index (κ3) is 3.37. The average molecular weight is 308 g/mol. The van der Waals surface area contributed by atoms with Crippen LogP contribution in [-0.4, -0.2) is 11.5 Å². The van der Waals surface area contributed by atoms with Crippen molar-refractivity contribution in [2.24, 2.45) is 0 Å². The Morgan fingerprint density at radius 3 is 2.18 bits per heavy atom. The summed E-state index contributed by atoms with van der Waals surface area (Å²) in [6.07, 6.45) is 2.36. The first-order chi connectivity index (χ1) is 10.9. The molecule has 0 spiro atoms. The first-order valence-corrected chi connectivity index (χ1v) is 8.55. The molecule has 0 saturated carbocycles. The lowest BCUT2D eigenvalue weighted by molar-refractivity contribution is 0.833. The van der Waals surface area contributed by atoms with Gasteiger partial charge in [-0.25, -0.2) is 4.98 Å². The summed E-state index contributed by atoms with van der Waals surface area (Å²) < 4.78 is 0.